The summed E-state index contributed by atoms with van der Waals surface area (Å²) in [5.74, 6) is 0.501. The summed E-state index contributed by atoms with van der Waals surface area (Å²) in [5, 5.41) is 3.00. The van der Waals surface area contributed by atoms with Crippen LogP contribution in [0.4, 0.5) is 5.69 Å². The van der Waals surface area contributed by atoms with Gasteiger partial charge in [-0.05, 0) is 36.8 Å². The number of methoxy groups -OCH3 is 2. The third kappa shape index (κ3) is 5.37. The molecule has 2 aromatic rings. The monoisotopic (exact) mass is 426 g/mol. The van der Waals surface area contributed by atoms with E-state index in [-0.39, 0.29) is 18.0 Å². The van der Waals surface area contributed by atoms with Gasteiger partial charge in [0.05, 0.1) is 31.3 Å². The normalized spacial score (nSPS) is 11.3. The lowest BCUT2D eigenvalue weighted by Crippen LogP contribution is -2.38. The smallest absolute Gasteiger partial charge is 0.243 e. The first-order chi connectivity index (χ1) is 13.3. The van der Waals surface area contributed by atoms with Gasteiger partial charge >= 0.3 is 0 Å². The molecule has 28 heavy (non-hydrogen) atoms. The van der Waals surface area contributed by atoms with E-state index in [1.54, 1.807) is 30.3 Å². The lowest BCUT2D eigenvalue weighted by atomic mass is 10.2. The van der Waals surface area contributed by atoms with Crippen molar-refractivity contribution in [3.8, 4) is 11.5 Å². The predicted molar refractivity (Wildman–Crippen MR) is 109 cm³/mol. The summed E-state index contributed by atoms with van der Waals surface area (Å²) in [6.45, 7) is 1.70. The van der Waals surface area contributed by atoms with Crippen LogP contribution < -0.4 is 14.8 Å². The van der Waals surface area contributed by atoms with E-state index in [0.717, 1.165) is 4.31 Å². The number of amides is 1. The van der Waals surface area contributed by atoms with Crippen LogP contribution in [0.15, 0.2) is 47.4 Å². The van der Waals surface area contributed by atoms with Crippen LogP contribution in [0.5, 0.6) is 11.5 Å². The Balaban J connectivity index is 2.21. The number of rotatable bonds is 9. The van der Waals surface area contributed by atoms with Gasteiger partial charge in [-0.3, -0.25) is 4.79 Å². The first-order valence-electron chi connectivity index (χ1n) is 8.59. The highest BCUT2D eigenvalue weighted by Gasteiger charge is 2.26. The molecule has 2 aromatic carbocycles. The largest absolute Gasteiger partial charge is 0.497 e. The highest BCUT2D eigenvalue weighted by molar-refractivity contribution is 7.89. The Morgan fingerprint density at radius 1 is 1.14 bits per heavy atom. The minimum Gasteiger partial charge on any atom is -0.497 e. The van der Waals surface area contributed by atoms with Gasteiger partial charge in [-0.25, -0.2) is 8.42 Å². The van der Waals surface area contributed by atoms with Crippen LogP contribution in [0.3, 0.4) is 0 Å². The third-order valence-electron chi connectivity index (χ3n) is 3.91. The second-order valence-electron chi connectivity index (χ2n) is 5.91. The molecule has 0 aliphatic carbocycles. The molecule has 0 radical (unpaired) electrons. The van der Waals surface area contributed by atoms with Crippen LogP contribution >= 0.6 is 11.6 Å². The number of carbonyl (C=O) groups excluding carboxylic acids is 1. The van der Waals surface area contributed by atoms with Crippen molar-refractivity contribution >= 4 is 33.2 Å². The Bertz CT molecular complexity index is 934. The number of sulfonamides is 1. The molecule has 0 saturated heterocycles. The molecule has 9 heteroatoms. The number of carbonyl (C=O) groups is 1. The topological polar surface area (TPSA) is 84.9 Å². The average molecular weight is 427 g/mol. The zero-order valence-electron chi connectivity index (χ0n) is 15.9. The molecule has 152 valence electrons. The number of hydrogen-bond donors (Lipinski definition) is 1. The third-order valence-corrected chi connectivity index (χ3v) is 5.99. The number of hydrogen-bond acceptors (Lipinski definition) is 5. The Kier molecular flexibility index (Phi) is 7.68. The molecule has 0 fully saturated rings. The molecule has 1 amide bonds. The molecular formula is C19H23ClN2O5S. The van der Waals surface area contributed by atoms with Gasteiger partial charge in [-0.2, -0.15) is 4.31 Å². The maximum absolute atomic E-state index is 12.9. The Hall–Kier alpha value is -2.29. The Morgan fingerprint density at radius 3 is 2.50 bits per heavy atom. The number of ether oxygens (including phenoxy) is 2. The lowest BCUT2D eigenvalue weighted by Gasteiger charge is -2.21. The maximum Gasteiger partial charge on any atom is 0.243 e. The Labute approximate surface area is 170 Å². The van der Waals surface area contributed by atoms with E-state index in [4.69, 9.17) is 21.1 Å². The fourth-order valence-corrected chi connectivity index (χ4v) is 4.35. The highest BCUT2D eigenvalue weighted by Crippen LogP contribution is 2.29. The second-order valence-corrected chi connectivity index (χ2v) is 8.28. The fraction of sp³-hybridized carbons (Fsp3) is 0.316. The van der Waals surface area contributed by atoms with Crippen molar-refractivity contribution in [2.24, 2.45) is 0 Å². The highest BCUT2D eigenvalue weighted by atomic mass is 35.5. The molecule has 0 saturated carbocycles. The fourth-order valence-electron chi connectivity index (χ4n) is 2.56. The summed E-state index contributed by atoms with van der Waals surface area (Å²) >= 11 is 5.92. The van der Waals surface area contributed by atoms with Crippen LogP contribution in [0.2, 0.25) is 5.02 Å². The van der Waals surface area contributed by atoms with Crippen LogP contribution in [0.1, 0.15) is 13.3 Å². The molecule has 0 unspecified atom stereocenters. The van der Waals surface area contributed by atoms with E-state index in [9.17, 15) is 13.2 Å². The predicted octanol–water partition coefficient (Wildman–Crippen LogP) is 3.40. The average Bonchev–Trinajstić information content (AvgIpc) is 2.67. The quantitative estimate of drug-likeness (QED) is 0.664. The maximum atomic E-state index is 12.9. The number of benzene rings is 2. The van der Waals surface area contributed by atoms with Gasteiger partial charge in [0, 0.05) is 17.6 Å². The molecule has 0 aliphatic rings. The van der Waals surface area contributed by atoms with Crippen molar-refractivity contribution < 1.29 is 22.7 Å². The standard InChI is InChI=1S/C19H23ClN2O5S/c1-4-10-22(28(24,25)16-7-5-6-14(20)11-16)13-19(23)21-17-9-8-15(26-2)12-18(17)27-3/h5-9,11-12H,4,10,13H2,1-3H3,(H,21,23). The van der Waals surface area contributed by atoms with Gasteiger partial charge in [-0.1, -0.05) is 24.6 Å². The molecule has 2 rings (SSSR count). The van der Waals surface area contributed by atoms with Crippen LogP contribution in [-0.4, -0.2) is 45.9 Å². The lowest BCUT2D eigenvalue weighted by molar-refractivity contribution is -0.116. The minimum atomic E-state index is -3.86. The number of halogens is 1. The van der Waals surface area contributed by atoms with Crippen molar-refractivity contribution in [1.29, 1.82) is 0 Å². The van der Waals surface area contributed by atoms with Crippen molar-refractivity contribution in [1.82, 2.24) is 4.31 Å². The molecular weight excluding hydrogens is 404 g/mol. The molecule has 0 spiro atoms. The van der Waals surface area contributed by atoms with Gasteiger partial charge in [0.15, 0.2) is 0 Å². The summed E-state index contributed by atoms with van der Waals surface area (Å²) in [5.41, 5.74) is 0.421. The molecule has 0 aliphatic heterocycles. The van der Waals surface area contributed by atoms with Crippen molar-refractivity contribution in [3.63, 3.8) is 0 Å². The van der Waals surface area contributed by atoms with Gasteiger partial charge in [0.25, 0.3) is 0 Å². The summed E-state index contributed by atoms with van der Waals surface area (Å²) in [4.78, 5) is 12.6. The number of anilines is 1. The SMILES string of the molecule is CCCN(CC(=O)Nc1ccc(OC)cc1OC)S(=O)(=O)c1cccc(Cl)c1. The first-order valence-corrected chi connectivity index (χ1v) is 10.4. The summed E-state index contributed by atoms with van der Waals surface area (Å²) in [6.07, 6.45) is 0.554. The second kappa shape index (κ2) is 9.77. The molecule has 1 N–H and O–H groups in total. The molecule has 0 aromatic heterocycles. The zero-order chi connectivity index (χ0) is 20.7. The zero-order valence-corrected chi connectivity index (χ0v) is 17.5. The molecule has 7 nitrogen and oxygen atoms in total. The Morgan fingerprint density at radius 2 is 1.89 bits per heavy atom. The first kappa shape index (κ1) is 22.0. The van der Waals surface area contributed by atoms with Crippen LogP contribution in [0, 0.1) is 0 Å². The van der Waals surface area contributed by atoms with Crippen molar-refractivity contribution in [3.05, 3.63) is 47.5 Å². The summed E-state index contributed by atoms with van der Waals surface area (Å²) in [7, 11) is -0.869. The van der Waals surface area contributed by atoms with E-state index in [2.05, 4.69) is 5.32 Å². The minimum absolute atomic E-state index is 0.0447. The van der Waals surface area contributed by atoms with E-state index in [0.29, 0.717) is 28.6 Å². The molecule has 0 bridgehead atoms. The summed E-state index contributed by atoms with van der Waals surface area (Å²) < 4.78 is 37.3. The van der Waals surface area contributed by atoms with Gasteiger partial charge in [-0.15, -0.1) is 0 Å². The van der Waals surface area contributed by atoms with Crippen LogP contribution in [-0.2, 0) is 14.8 Å². The number of nitrogens with one attached hydrogen (secondary N) is 1. The molecule has 0 atom stereocenters. The van der Waals surface area contributed by atoms with Crippen molar-refractivity contribution in [2.75, 3.05) is 32.6 Å². The van der Waals surface area contributed by atoms with E-state index >= 15 is 0 Å². The van der Waals surface area contributed by atoms with Gasteiger partial charge < -0.3 is 14.8 Å². The van der Waals surface area contributed by atoms with Crippen molar-refractivity contribution in [2.45, 2.75) is 18.2 Å². The molecule has 0 heterocycles. The number of nitrogens with zero attached hydrogens (tertiary/aromatic N) is 1. The van der Waals surface area contributed by atoms with E-state index in [1.165, 1.54) is 26.4 Å². The van der Waals surface area contributed by atoms with E-state index < -0.39 is 15.9 Å². The van der Waals surface area contributed by atoms with Gasteiger partial charge in [0.1, 0.15) is 11.5 Å². The van der Waals surface area contributed by atoms with E-state index in [1.807, 2.05) is 6.92 Å². The van der Waals surface area contributed by atoms with Gasteiger partial charge in [0.2, 0.25) is 15.9 Å². The van der Waals surface area contributed by atoms with Crippen LogP contribution in [0.25, 0.3) is 0 Å². The summed E-state index contributed by atoms with van der Waals surface area (Å²) in [6, 6.07) is 10.9.